The first kappa shape index (κ1) is 35.2. The van der Waals surface area contributed by atoms with Crippen molar-refractivity contribution in [1.29, 1.82) is 0 Å². The molecule has 1 saturated carbocycles. The van der Waals surface area contributed by atoms with Gasteiger partial charge in [0, 0.05) is 12.0 Å². The molecule has 2 fully saturated rings. The zero-order valence-corrected chi connectivity index (χ0v) is 31.0. The normalized spacial score (nSPS) is 29.8. The second-order valence-electron chi connectivity index (χ2n) is 16.3. The van der Waals surface area contributed by atoms with Crippen molar-refractivity contribution < 1.29 is 23.2 Å². The lowest BCUT2D eigenvalue weighted by molar-refractivity contribution is -0.174. The molecule has 42 heavy (non-hydrogen) atoms. The molecular formula is C35H60O5Si2. The summed E-state index contributed by atoms with van der Waals surface area (Å²) in [6, 6.07) is 0. The van der Waals surface area contributed by atoms with Crippen LogP contribution in [0.1, 0.15) is 94.9 Å². The molecular weight excluding hydrogens is 557 g/mol. The second kappa shape index (κ2) is 11.6. The van der Waals surface area contributed by atoms with E-state index in [2.05, 4.69) is 102 Å². The molecule has 238 valence electrons. The number of ketones is 2. The van der Waals surface area contributed by atoms with Crippen molar-refractivity contribution in [1.82, 2.24) is 0 Å². The Hall–Kier alpha value is -1.29. The second-order valence-corrected chi connectivity index (χ2v) is 26.2. The maximum atomic E-state index is 15.4. The van der Waals surface area contributed by atoms with Gasteiger partial charge in [0.15, 0.2) is 28.2 Å². The van der Waals surface area contributed by atoms with E-state index in [-0.39, 0.29) is 30.2 Å². The van der Waals surface area contributed by atoms with Crippen molar-refractivity contribution in [2.45, 2.75) is 143 Å². The van der Waals surface area contributed by atoms with E-state index in [9.17, 15) is 0 Å². The van der Waals surface area contributed by atoms with Crippen molar-refractivity contribution in [3.8, 4) is 0 Å². The van der Waals surface area contributed by atoms with E-state index in [1.54, 1.807) is 6.08 Å². The lowest BCUT2D eigenvalue weighted by Crippen LogP contribution is -2.69. The Morgan fingerprint density at radius 3 is 1.98 bits per heavy atom. The Morgan fingerprint density at radius 2 is 1.52 bits per heavy atom. The largest absolute Gasteiger partial charge is 0.490 e. The predicted octanol–water partition coefficient (Wildman–Crippen LogP) is 9.17. The van der Waals surface area contributed by atoms with Gasteiger partial charge in [-0.25, -0.2) is 0 Å². The molecule has 4 atom stereocenters. The molecule has 1 heterocycles. The molecule has 3 rings (SSSR count). The van der Waals surface area contributed by atoms with Gasteiger partial charge in [0.05, 0.1) is 17.6 Å². The first-order chi connectivity index (χ1) is 19.1. The minimum absolute atomic E-state index is 0.00130. The fourth-order valence-corrected chi connectivity index (χ4v) is 16.4. The molecule has 1 aliphatic heterocycles. The van der Waals surface area contributed by atoms with Crippen LogP contribution in [0.2, 0.25) is 36.3 Å². The molecule has 7 heteroatoms. The third kappa shape index (κ3) is 5.22. The van der Waals surface area contributed by atoms with Gasteiger partial charge in [-0.15, -0.1) is 13.2 Å². The summed E-state index contributed by atoms with van der Waals surface area (Å²) in [6.07, 6.45) is 5.63. The van der Waals surface area contributed by atoms with Gasteiger partial charge in [0.1, 0.15) is 17.3 Å². The summed E-state index contributed by atoms with van der Waals surface area (Å²) in [5.41, 5.74) is -1.82. The minimum Gasteiger partial charge on any atom is -0.490 e. The lowest BCUT2D eigenvalue weighted by Gasteiger charge is -2.60. The highest BCUT2D eigenvalue weighted by Crippen LogP contribution is 2.68. The lowest BCUT2D eigenvalue weighted by atomic mass is 9.41. The third-order valence-electron chi connectivity index (χ3n) is 11.1. The third-order valence-corrected chi connectivity index (χ3v) is 18.3. The van der Waals surface area contributed by atoms with Crippen LogP contribution in [0.5, 0.6) is 0 Å². The monoisotopic (exact) mass is 616 g/mol. The summed E-state index contributed by atoms with van der Waals surface area (Å²) >= 11 is 0. The van der Waals surface area contributed by atoms with E-state index in [4.69, 9.17) is 13.6 Å². The number of fused-ring (bicyclic) bond motifs is 1. The number of hydrogen-bond acceptors (Lipinski definition) is 5. The molecule has 0 radical (unpaired) electrons. The van der Waals surface area contributed by atoms with E-state index >= 15 is 9.59 Å². The molecule has 3 aliphatic rings. The topological polar surface area (TPSA) is 61.8 Å². The molecule has 0 aromatic heterocycles. The number of Topliss-reactive ketones (excluding diaryl/α,β-unsaturated/α-hetero) is 2. The predicted molar refractivity (Wildman–Crippen MR) is 178 cm³/mol. The van der Waals surface area contributed by atoms with Crippen LogP contribution < -0.4 is 0 Å². The number of rotatable bonds is 13. The maximum absolute atomic E-state index is 15.4. The molecule has 2 aliphatic carbocycles. The molecule has 0 aromatic rings. The van der Waals surface area contributed by atoms with Crippen LogP contribution in [0.3, 0.4) is 0 Å². The molecule has 5 nitrogen and oxygen atoms in total. The summed E-state index contributed by atoms with van der Waals surface area (Å²) in [5.74, 6) is 0.520. The maximum Gasteiger partial charge on any atom is 0.200 e. The molecule has 2 bridgehead atoms. The van der Waals surface area contributed by atoms with Gasteiger partial charge in [0.25, 0.3) is 0 Å². The standard InChI is InChI=1S/C35H60O5Si2/c1-16-18-26-20-34-21-28(33(11,12)40-41(13,14)15)39-30(34)27(19-17-2)29(36)35(31(34)37,32(26,9)10)22-38-42(23(3)4,24(5)6)25(7)8/h16-17,23-26,28H,1-2,18-22H2,3-15H3/t26-,28-,34-,35-/m0/s1. The van der Waals surface area contributed by atoms with Crippen LogP contribution in [-0.4, -0.2) is 46.5 Å². The van der Waals surface area contributed by atoms with Crippen molar-refractivity contribution in [3.05, 3.63) is 36.6 Å². The van der Waals surface area contributed by atoms with E-state index in [1.807, 2.05) is 6.08 Å². The van der Waals surface area contributed by atoms with E-state index < -0.39 is 38.5 Å². The Balaban J connectivity index is 2.30. The Bertz CT molecular complexity index is 1100. The van der Waals surface area contributed by atoms with Crippen molar-refractivity contribution in [3.63, 3.8) is 0 Å². The van der Waals surface area contributed by atoms with Crippen molar-refractivity contribution >= 4 is 28.2 Å². The fourth-order valence-electron chi connectivity index (χ4n) is 9.21. The SMILES string of the molecule is C=CCC1=C2O[C@H](C(C)(C)O[Si](C)(C)C)C[C@@]23C[C@H](CC=C)C(C)(C)[C@@](CO[Si](C(C)C)(C(C)C)C(C)C)(C1=O)C3=O. The summed E-state index contributed by atoms with van der Waals surface area (Å²) in [6.45, 7) is 36.6. The van der Waals surface area contributed by atoms with Crippen molar-refractivity contribution in [2.75, 3.05) is 6.61 Å². The van der Waals surface area contributed by atoms with Gasteiger partial charge in [-0.1, -0.05) is 67.5 Å². The zero-order chi connectivity index (χ0) is 32.3. The average molecular weight is 617 g/mol. The molecule has 0 amide bonds. The van der Waals surface area contributed by atoms with Gasteiger partial charge in [-0.05, 0) is 80.7 Å². The highest BCUT2D eigenvalue weighted by molar-refractivity contribution is 6.77. The number of carbonyl (C=O) groups excluding carboxylic acids is 2. The van der Waals surface area contributed by atoms with Crippen LogP contribution >= 0.6 is 0 Å². The Morgan fingerprint density at radius 1 is 0.976 bits per heavy atom. The number of allylic oxidation sites excluding steroid dienone is 4. The Kier molecular flexibility index (Phi) is 9.70. The van der Waals surface area contributed by atoms with Crippen LogP contribution in [0.4, 0.5) is 0 Å². The zero-order valence-electron chi connectivity index (χ0n) is 29.0. The van der Waals surface area contributed by atoms with Crippen molar-refractivity contribution in [2.24, 2.45) is 22.2 Å². The average Bonchev–Trinajstić information content (AvgIpc) is 3.22. The number of ether oxygens (including phenoxy) is 1. The quantitative estimate of drug-likeness (QED) is 0.117. The molecule has 0 unspecified atom stereocenters. The number of hydrogen-bond donors (Lipinski definition) is 0. The molecule has 1 spiro atoms. The van der Waals surface area contributed by atoms with Gasteiger partial charge >= 0.3 is 0 Å². The molecule has 0 aromatic carbocycles. The molecule has 0 N–H and O–H groups in total. The summed E-state index contributed by atoms with van der Waals surface area (Å²) in [5, 5.41) is 0. The smallest absolute Gasteiger partial charge is 0.200 e. The highest BCUT2D eigenvalue weighted by Gasteiger charge is 2.75. The van der Waals surface area contributed by atoms with Gasteiger partial charge < -0.3 is 13.6 Å². The first-order valence-corrected chi connectivity index (χ1v) is 21.7. The van der Waals surface area contributed by atoms with E-state index in [0.717, 1.165) is 6.42 Å². The summed E-state index contributed by atoms with van der Waals surface area (Å²) in [7, 11) is -4.32. The van der Waals surface area contributed by atoms with Gasteiger partial charge in [-0.3, -0.25) is 9.59 Å². The van der Waals surface area contributed by atoms with Crippen LogP contribution in [0.15, 0.2) is 36.6 Å². The highest BCUT2D eigenvalue weighted by atomic mass is 28.4. The first-order valence-electron chi connectivity index (χ1n) is 16.2. The Labute approximate surface area is 259 Å². The van der Waals surface area contributed by atoms with Crippen LogP contribution in [0, 0.1) is 22.2 Å². The minimum atomic E-state index is -2.39. The van der Waals surface area contributed by atoms with Gasteiger partial charge in [-0.2, -0.15) is 0 Å². The van der Waals surface area contributed by atoms with Gasteiger partial charge in [0.2, 0.25) is 0 Å². The fraction of sp³-hybridized carbons (Fsp3) is 0.771. The summed E-state index contributed by atoms with van der Waals surface area (Å²) in [4.78, 5) is 30.4. The molecule has 1 saturated heterocycles. The van der Waals surface area contributed by atoms with Crippen LogP contribution in [-0.2, 0) is 23.2 Å². The summed E-state index contributed by atoms with van der Waals surface area (Å²) < 4.78 is 20.7. The van der Waals surface area contributed by atoms with E-state index in [0.29, 0.717) is 47.2 Å². The van der Waals surface area contributed by atoms with Crippen LogP contribution in [0.25, 0.3) is 0 Å². The van der Waals surface area contributed by atoms with E-state index in [1.165, 1.54) is 0 Å². The number of carbonyl (C=O) groups is 2.